The Kier molecular flexibility index (Phi) is 23.3. The minimum atomic E-state index is -1.37. The summed E-state index contributed by atoms with van der Waals surface area (Å²) in [6.07, 6.45) is -2.39. The number of β-amino-alcohol motifs (C(OH)–C–C–N with tert-alkyl or cyclic N) is 2. The van der Waals surface area contributed by atoms with E-state index in [0.29, 0.717) is 6.42 Å². The van der Waals surface area contributed by atoms with Gasteiger partial charge in [-0.3, -0.25) is 0 Å². The lowest BCUT2D eigenvalue weighted by atomic mass is 9.85. The topological polar surface area (TPSA) is 295 Å². The summed E-state index contributed by atoms with van der Waals surface area (Å²) < 4.78 is 17.3. The first-order valence-corrected chi connectivity index (χ1v) is 15.2. The highest BCUT2D eigenvalue weighted by molar-refractivity contribution is 4.88. The third-order valence-electron chi connectivity index (χ3n) is 8.16. The molecule has 0 aliphatic carbocycles. The van der Waals surface area contributed by atoms with Crippen molar-refractivity contribution in [1.29, 1.82) is 0 Å². The molecule has 0 rings (SSSR count). The van der Waals surface area contributed by atoms with Gasteiger partial charge in [0.2, 0.25) is 0 Å². The van der Waals surface area contributed by atoms with Crippen molar-refractivity contribution in [2.75, 3.05) is 112 Å². The SMILES string of the molecule is CCC(COCC(O)CCC(CO)(CO)CO)(COCC(O)CNC(CO)(CO)CO)COCC(O)CNC(CO)(CO)CO. The van der Waals surface area contributed by atoms with Crippen LogP contribution in [0.5, 0.6) is 0 Å². The molecule has 0 aromatic carbocycles. The van der Waals surface area contributed by atoms with Gasteiger partial charge in [-0.15, -0.1) is 0 Å². The van der Waals surface area contributed by atoms with Crippen LogP contribution in [-0.2, 0) is 14.2 Å². The van der Waals surface area contributed by atoms with Gasteiger partial charge < -0.3 is 86.1 Å². The quantitative estimate of drug-likeness (QED) is 0.0328. The minimum absolute atomic E-state index is 0.0153. The highest BCUT2D eigenvalue weighted by atomic mass is 16.5. The lowest BCUT2D eigenvalue weighted by Crippen LogP contribution is -2.57. The van der Waals surface area contributed by atoms with Gasteiger partial charge in [-0.25, -0.2) is 0 Å². The normalized spacial score (nSPS) is 16.5. The van der Waals surface area contributed by atoms with Crippen molar-refractivity contribution in [1.82, 2.24) is 10.6 Å². The van der Waals surface area contributed by atoms with Crippen LogP contribution in [0.1, 0.15) is 26.2 Å². The lowest BCUT2D eigenvalue weighted by molar-refractivity contribution is -0.102. The highest BCUT2D eigenvalue weighted by Crippen LogP contribution is 2.26. The lowest BCUT2D eigenvalue weighted by Gasteiger charge is -2.34. The molecular formula is C28H60N2O15. The van der Waals surface area contributed by atoms with Crippen LogP contribution < -0.4 is 10.6 Å². The Hall–Kier alpha value is -0.680. The van der Waals surface area contributed by atoms with Crippen LogP contribution in [0, 0.1) is 10.8 Å². The molecule has 17 heteroatoms. The molecule has 14 N–H and O–H groups in total. The van der Waals surface area contributed by atoms with Gasteiger partial charge in [0.05, 0.1) is 128 Å². The van der Waals surface area contributed by atoms with E-state index in [-0.39, 0.29) is 65.6 Å². The summed E-state index contributed by atoms with van der Waals surface area (Å²) >= 11 is 0. The van der Waals surface area contributed by atoms with Gasteiger partial charge in [0.15, 0.2) is 0 Å². The summed E-state index contributed by atoms with van der Waals surface area (Å²) in [6, 6.07) is 0. The van der Waals surface area contributed by atoms with Crippen molar-refractivity contribution in [3.63, 3.8) is 0 Å². The van der Waals surface area contributed by atoms with Crippen LogP contribution in [0.3, 0.4) is 0 Å². The summed E-state index contributed by atoms with van der Waals surface area (Å²) in [4.78, 5) is 0. The Morgan fingerprint density at radius 3 is 1.11 bits per heavy atom. The van der Waals surface area contributed by atoms with Crippen molar-refractivity contribution in [2.24, 2.45) is 10.8 Å². The summed E-state index contributed by atoms with van der Waals surface area (Å²) in [5.74, 6) is 0. The fourth-order valence-electron chi connectivity index (χ4n) is 4.03. The standard InChI is InChI=1S/C28H60N2O15/c1-2-25(19-43-7-22(40)3-4-26(10-31,11-32)12-33,20-44-8-23(41)5-29-27(13-34,14-35)15-36)21-45-9-24(42)6-30-28(16-37,17-38)18-39/h22-24,29-42H,2-21H2,1H3. The Bertz CT molecular complexity index is 598. The molecule has 45 heavy (non-hydrogen) atoms. The second-order valence-corrected chi connectivity index (χ2v) is 12.1. The average molecular weight is 665 g/mol. The Morgan fingerprint density at radius 2 is 0.822 bits per heavy atom. The molecule has 0 aromatic heterocycles. The van der Waals surface area contributed by atoms with Crippen LogP contribution in [0.2, 0.25) is 0 Å². The van der Waals surface area contributed by atoms with Crippen molar-refractivity contribution in [2.45, 2.75) is 55.6 Å². The molecule has 0 spiro atoms. The third-order valence-corrected chi connectivity index (χ3v) is 8.16. The smallest absolute Gasteiger partial charge is 0.0897 e. The van der Waals surface area contributed by atoms with Gasteiger partial charge in [-0.1, -0.05) is 6.92 Å². The number of nitrogens with one attached hydrogen (secondary N) is 2. The fourth-order valence-corrected chi connectivity index (χ4v) is 4.03. The molecular weight excluding hydrogens is 604 g/mol. The first kappa shape index (κ1) is 44.3. The van der Waals surface area contributed by atoms with E-state index in [0.717, 1.165) is 0 Å². The second-order valence-electron chi connectivity index (χ2n) is 12.1. The second kappa shape index (κ2) is 23.6. The van der Waals surface area contributed by atoms with Crippen LogP contribution in [0.4, 0.5) is 0 Å². The van der Waals surface area contributed by atoms with Crippen molar-refractivity contribution < 1.29 is 75.5 Å². The van der Waals surface area contributed by atoms with E-state index < -0.39 is 99.7 Å². The van der Waals surface area contributed by atoms with Crippen molar-refractivity contribution in [3.8, 4) is 0 Å². The van der Waals surface area contributed by atoms with Crippen LogP contribution in [0.15, 0.2) is 0 Å². The molecule has 0 heterocycles. The van der Waals surface area contributed by atoms with Crippen LogP contribution >= 0.6 is 0 Å². The monoisotopic (exact) mass is 664 g/mol. The van der Waals surface area contributed by atoms with Gasteiger partial charge in [0.1, 0.15) is 0 Å². The highest BCUT2D eigenvalue weighted by Gasteiger charge is 2.33. The molecule has 0 aromatic rings. The third kappa shape index (κ3) is 15.8. The maximum Gasteiger partial charge on any atom is 0.0897 e. The molecule has 17 nitrogen and oxygen atoms in total. The van der Waals surface area contributed by atoms with E-state index in [9.17, 15) is 61.3 Å². The van der Waals surface area contributed by atoms with Gasteiger partial charge in [0.25, 0.3) is 0 Å². The number of hydrogen-bond donors (Lipinski definition) is 14. The number of hydrogen-bond acceptors (Lipinski definition) is 17. The van der Waals surface area contributed by atoms with E-state index in [1.165, 1.54) is 0 Å². The van der Waals surface area contributed by atoms with E-state index in [2.05, 4.69) is 10.6 Å². The average Bonchev–Trinajstić information content (AvgIpc) is 3.07. The molecule has 0 aliphatic heterocycles. The Labute approximate surface area is 265 Å². The Morgan fingerprint density at radius 1 is 0.489 bits per heavy atom. The molecule has 0 bridgehead atoms. The molecule has 3 atom stereocenters. The van der Waals surface area contributed by atoms with Gasteiger partial charge in [-0.05, 0) is 19.3 Å². The molecule has 3 unspecified atom stereocenters. The van der Waals surface area contributed by atoms with E-state index in [1.807, 2.05) is 6.92 Å². The first-order chi connectivity index (χ1) is 21.4. The summed E-state index contributed by atoms with van der Waals surface area (Å²) in [5.41, 5.74) is -4.69. The van der Waals surface area contributed by atoms with E-state index in [4.69, 9.17) is 14.2 Å². The zero-order valence-corrected chi connectivity index (χ0v) is 26.5. The zero-order valence-electron chi connectivity index (χ0n) is 26.5. The predicted molar refractivity (Wildman–Crippen MR) is 160 cm³/mol. The maximum atomic E-state index is 10.4. The summed E-state index contributed by atoms with van der Waals surface area (Å²) in [5, 5.41) is 122. The fraction of sp³-hybridized carbons (Fsp3) is 1.00. The van der Waals surface area contributed by atoms with E-state index >= 15 is 0 Å². The number of aliphatic hydroxyl groups excluding tert-OH is 12. The first-order valence-electron chi connectivity index (χ1n) is 15.2. The van der Waals surface area contributed by atoms with Crippen molar-refractivity contribution >= 4 is 0 Å². The molecule has 272 valence electrons. The predicted octanol–water partition coefficient (Wildman–Crippen LogP) is -6.13. The van der Waals surface area contributed by atoms with Crippen LogP contribution in [0.25, 0.3) is 0 Å². The number of ether oxygens (including phenoxy) is 3. The molecule has 0 saturated carbocycles. The molecule has 0 saturated heterocycles. The Balaban J connectivity index is 5.26. The van der Waals surface area contributed by atoms with E-state index in [1.54, 1.807) is 0 Å². The molecule has 0 fully saturated rings. The van der Waals surface area contributed by atoms with Crippen molar-refractivity contribution in [3.05, 3.63) is 0 Å². The van der Waals surface area contributed by atoms with Gasteiger partial charge in [0, 0.05) is 23.9 Å². The maximum absolute atomic E-state index is 10.4. The number of aliphatic hydroxyl groups is 12. The minimum Gasteiger partial charge on any atom is -0.396 e. The molecule has 0 radical (unpaired) electrons. The van der Waals surface area contributed by atoms with Gasteiger partial charge >= 0.3 is 0 Å². The van der Waals surface area contributed by atoms with Gasteiger partial charge in [-0.2, -0.15) is 0 Å². The molecule has 0 amide bonds. The summed E-state index contributed by atoms with van der Waals surface area (Å²) in [6.45, 7) is -3.47. The molecule has 0 aliphatic rings. The number of rotatable bonds is 31. The zero-order chi connectivity index (χ0) is 34.4. The largest absolute Gasteiger partial charge is 0.396 e. The summed E-state index contributed by atoms with van der Waals surface area (Å²) in [7, 11) is 0. The van der Waals surface area contributed by atoms with Crippen LogP contribution in [-0.4, -0.2) is 203 Å².